The number of hydrogen-bond donors (Lipinski definition) is 0. The number of ketones is 2. The number of Topliss-reactive ketones (excluding diaryl/α,β-unsaturated/α-hetero) is 1. The molecule has 3 unspecified atom stereocenters. The van der Waals surface area contributed by atoms with Gasteiger partial charge in [0.25, 0.3) is 0 Å². The van der Waals surface area contributed by atoms with Crippen LogP contribution in [0, 0.1) is 40.4 Å². The summed E-state index contributed by atoms with van der Waals surface area (Å²) in [5.74, 6) is 2.50. The van der Waals surface area contributed by atoms with Crippen LogP contribution < -0.4 is 0 Å². The zero-order valence-electron chi connectivity index (χ0n) is 18.5. The third-order valence-electron chi connectivity index (χ3n) is 9.58. The third kappa shape index (κ3) is 3.21. The van der Waals surface area contributed by atoms with Gasteiger partial charge in [-0.25, -0.2) is 0 Å². The van der Waals surface area contributed by atoms with Crippen molar-refractivity contribution in [3.8, 4) is 0 Å². The van der Waals surface area contributed by atoms with Gasteiger partial charge < -0.3 is 4.74 Å². The molecule has 3 fully saturated rings. The zero-order chi connectivity index (χ0) is 21.0. The number of methoxy groups -OCH3 is 1. The van der Waals surface area contributed by atoms with Crippen LogP contribution in [0.2, 0.25) is 0 Å². The highest BCUT2D eigenvalue weighted by Crippen LogP contribution is 2.66. The minimum atomic E-state index is -0.123. The quantitative estimate of drug-likeness (QED) is 0.630. The molecule has 0 aromatic carbocycles. The lowest BCUT2D eigenvalue weighted by Gasteiger charge is -2.57. The van der Waals surface area contributed by atoms with Crippen molar-refractivity contribution in [2.45, 2.75) is 78.6 Å². The molecule has 4 heteroatoms. The number of carbonyl (C=O) groups is 3. The summed E-state index contributed by atoms with van der Waals surface area (Å²) in [6.45, 7) is 7.03. The van der Waals surface area contributed by atoms with E-state index in [1.54, 1.807) is 6.08 Å². The SMILES string of the molecule is COC(=O)CC[C@@H](C)[C@H]1CCC2C3C(=O)CC4=CC(=O)CC[C@]4(C)C3CC[C@@]21C. The molecule has 4 aliphatic rings. The van der Waals surface area contributed by atoms with Crippen LogP contribution in [0.15, 0.2) is 11.6 Å². The standard InChI is InChI=1S/C25H36O4/c1-15(5-8-22(28)29-4)18-6-7-19-23-20(10-12-25(18,19)3)24(2)11-9-17(26)13-16(24)14-21(23)27/h13,15,18-20,23H,5-12,14H2,1-4H3/t15-,18-,19?,20?,23?,24+,25-/m1/s1. The van der Waals surface area contributed by atoms with Crippen molar-refractivity contribution in [2.75, 3.05) is 7.11 Å². The van der Waals surface area contributed by atoms with Gasteiger partial charge >= 0.3 is 5.97 Å². The number of rotatable bonds is 4. The van der Waals surface area contributed by atoms with Gasteiger partial charge in [-0.2, -0.15) is 0 Å². The van der Waals surface area contributed by atoms with Gasteiger partial charge in [0, 0.05) is 25.2 Å². The molecular weight excluding hydrogens is 364 g/mol. The number of ether oxygens (including phenoxy) is 1. The Morgan fingerprint density at radius 1 is 1.17 bits per heavy atom. The van der Waals surface area contributed by atoms with Crippen molar-refractivity contribution in [2.24, 2.45) is 40.4 Å². The Kier molecular flexibility index (Phi) is 5.28. The molecule has 4 aliphatic carbocycles. The highest BCUT2D eigenvalue weighted by molar-refractivity contribution is 5.95. The maximum absolute atomic E-state index is 13.3. The lowest BCUT2D eigenvalue weighted by molar-refractivity contribution is -0.141. The van der Waals surface area contributed by atoms with E-state index in [4.69, 9.17) is 4.74 Å². The second-order valence-electron chi connectivity index (χ2n) is 10.8. The predicted octanol–water partition coefficient (Wildman–Crippen LogP) is 4.90. The molecule has 29 heavy (non-hydrogen) atoms. The van der Waals surface area contributed by atoms with Gasteiger partial charge in [0.1, 0.15) is 5.78 Å². The first-order chi connectivity index (χ1) is 13.7. The molecule has 0 aromatic heterocycles. The molecule has 0 spiro atoms. The van der Waals surface area contributed by atoms with E-state index in [0.29, 0.717) is 48.7 Å². The van der Waals surface area contributed by atoms with E-state index >= 15 is 0 Å². The van der Waals surface area contributed by atoms with Crippen molar-refractivity contribution in [1.82, 2.24) is 0 Å². The average Bonchev–Trinajstić information content (AvgIpc) is 3.04. The smallest absolute Gasteiger partial charge is 0.305 e. The molecule has 0 amide bonds. The van der Waals surface area contributed by atoms with E-state index in [1.165, 1.54) is 7.11 Å². The van der Waals surface area contributed by atoms with E-state index < -0.39 is 0 Å². The van der Waals surface area contributed by atoms with Crippen LogP contribution in [0.25, 0.3) is 0 Å². The van der Waals surface area contributed by atoms with Crippen LogP contribution >= 0.6 is 0 Å². The van der Waals surface area contributed by atoms with Crippen molar-refractivity contribution >= 4 is 17.5 Å². The molecular formula is C25H36O4. The summed E-state index contributed by atoms with van der Waals surface area (Å²) in [6, 6.07) is 0. The average molecular weight is 401 g/mol. The lowest BCUT2D eigenvalue weighted by Crippen LogP contribution is -2.54. The van der Waals surface area contributed by atoms with E-state index in [9.17, 15) is 14.4 Å². The number of allylic oxidation sites excluding steroid dienone is 1. The first-order valence-corrected chi connectivity index (χ1v) is 11.5. The minimum absolute atomic E-state index is 0.0302. The van der Waals surface area contributed by atoms with Crippen LogP contribution in [-0.2, 0) is 19.1 Å². The van der Waals surface area contributed by atoms with Gasteiger partial charge in [0.05, 0.1) is 7.11 Å². The third-order valence-corrected chi connectivity index (χ3v) is 9.58. The van der Waals surface area contributed by atoms with Crippen LogP contribution in [0.1, 0.15) is 78.6 Å². The van der Waals surface area contributed by atoms with Gasteiger partial charge in [0.2, 0.25) is 0 Å². The summed E-state index contributed by atoms with van der Waals surface area (Å²) in [7, 11) is 1.46. The molecule has 0 N–H and O–H groups in total. The topological polar surface area (TPSA) is 60.4 Å². The second kappa shape index (κ2) is 7.35. The lowest BCUT2D eigenvalue weighted by atomic mass is 9.46. The summed E-state index contributed by atoms with van der Waals surface area (Å²) in [5, 5.41) is 0. The number of esters is 1. The number of carbonyl (C=O) groups excluding carboxylic acids is 3. The molecule has 0 aliphatic heterocycles. The van der Waals surface area contributed by atoms with Gasteiger partial charge in [-0.3, -0.25) is 14.4 Å². The fourth-order valence-electron chi connectivity index (χ4n) is 7.88. The number of hydrogen-bond acceptors (Lipinski definition) is 4. The zero-order valence-corrected chi connectivity index (χ0v) is 18.5. The monoisotopic (exact) mass is 400 g/mol. The summed E-state index contributed by atoms with van der Waals surface area (Å²) >= 11 is 0. The fraction of sp³-hybridized carbons (Fsp3) is 0.800. The van der Waals surface area contributed by atoms with Crippen molar-refractivity contribution < 1.29 is 19.1 Å². The van der Waals surface area contributed by atoms with E-state index in [-0.39, 0.29) is 28.5 Å². The minimum Gasteiger partial charge on any atom is -0.469 e. The van der Waals surface area contributed by atoms with Crippen LogP contribution in [-0.4, -0.2) is 24.6 Å². The molecule has 4 rings (SSSR count). The summed E-state index contributed by atoms with van der Waals surface area (Å²) in [6.07, 6.45) is 9.73. The van der Waals surface area contributed by atoms with Crippen LogP contribution in [0.4, 0.5) is 0 Å². The Hall–Kier alpha value is -1.45. The van der Waals surface area contributed by atoms with Gasteiger partial charge in [-0.1, -0.05) is 26.3 Å². The molecule has 160 valence electrons. The molecule has 0 saturated heterocycles. The number of fused-ring (bicyclic) bond motifs is 5. The molecule has 0 radical (unpaired) electrons. The molecule has 0 bridgehead atoms. The van der Waals surface area contributed by atoms with Gasteiger partial charge in [-0.05, 0) is 79.1 Å². The van der Waals surface area contributed by atoms with Crippen LogP contribution in [0.3, 0.4) is 0 Å². The Bertz CT molecular complexity index is 752. The molecule has 0 aromatic rings. The normalized spacial score (nSPS) is 42.4. The van der Waals surface area contributed by atoms with Crippen molar-refractivity contribution in [3.63, 3.8) is 0 Å². The Labute approximate surface area is 174 Å². The fourth-order valence-corrected chi connectivity index (χ4v) is 7.88. The van der Waals surface area contributed by atoms with Crippen LogP contribution in [0.5, 0.6) is 0 Å². The predicted molar refractivity (Wildman–Crippen MR) is 111 cm³/mol. The summed E-state index contributed by atoms with van der Waals surface area (Å²) < 4.78 is 4.84. The maximum Gasteiger partial charge on any atom is 0.305 e. The molecule has 7 atom stereocenters. The molecule has 0 heterocycles. The second-order valence-corrected chi connectivity index (χ2v) is 10.8. The van der Waals surface area contributed by atoms with Gasteiger partial charge in [0.15, 0.2) is 5.78 Å². The summed E-state index contributed by atoms with van der Waals surface area (Å²) in [5.41, 5.74) is 1.33. The Balaban J connectivity index is 1.57. The Morgan fingerprint density at radius 2 is 1.93 bits per heavy atom. The maximum atomic E-state index is 13.3. The van der Waals surface area contributed by atoms with Crippen molar-refractivity contribution in [1.29, 1.82) is 0 Å². The Morgan fingerprint density at radius 3 is 2.66 bits per heavy atom. The van der Waals surface area contributed by atoms with Gasteiger partial charge in [-0.15, -0.1) is 0 Å². The van der Waals surface area contributed by atoms with E-state index in [1.807, 2.05) is 0 Å². The molecule has 4 nitrogen and oxygen atoms in total. The first-order valence-electron chi connectivity index (χ1n) is 11.5. The first kappa shape index (κ1) is 20.8. The van der Waals surface area contributed by atoms with E-state index in [0.717, 1.165) is 44.1 Å². The highest BCUT2D eigenvalue weighted by atomic mass is 16.5. The summed E-state index contributed by atoms with van der Waals surface area (Å²) in [4.78, 5) is 36.9. The highest BCUT2D eigenvalue weighted by Gasteiger charge is 2.61. The van der Waals surface area contributed by atoms with E-state index in [2.05, 4.69) is 20.8 Å². The molecule has 3 saturated carbocycles. The largest absolute Gasteiger partial charge is 0.469 e. The van der Waals surface area contributed by atoms with Crippen molar-refractivity contribution in [3.05, 3.63) is 11.6 Å².